The summed E-state index contributed by atoms with van der Waals surface area (Å²) in [6.07, 6.45) is -4.40. The lowest BCUT2D eigenvalue weighted by Crippen LogP contribution is -2.28. The van der Waals surface area contributed by atoms with Crippen molar-refractivity contribution in [2.45, 2.75) is 17.1 Å². The van der Waals surface area contributed by atoms with Crippen LogP contribution in [-0.4, -0.2) is 6.18 Å². The lowest BCUT2D eigenvalue weighted by Gasteiger charge is -2.15. The highest BCUT2D eigenvalue weighted by Crippen LogP contribution is 2.30. The summed E-state index contributed by atoms with van der Waals surface area (Å²) in [5, 5.41) is 0. The zero-order valence-corrected chi connectivity index (χ0v) is 7.44. The van der Waals surface area contributed by atoms with Gasteiger partial charge in [-0.05, 0) is 17.7 Å². The molecule has 1 rings (SSSR count). The van der Waals surface area contributed by atoms with Crippen LogP contribution in [0, 0.1) is 0 Å². The van der Waals surface area contributed by atoms with Gasteiger partial charge in [0.15, 0.2) is 0 Å². The van der Waals surface area contributed by atoms with E-state index in [4.69, 9.17) is 5.73 Å². The molecule has 1 aromatic carbocycles. The molecule has 72 valence electrons. The first kappa shape index (κ1) is 10.4. The summed E-state index contributed by atoms with van der Waals surface area (Å²) in [7, 11) is 0. The van der Waals surface area contributed by atoms with E-state index in [1.54, 1.807) is 6.07 Å². The van der Waals surface area contributed by atoms with E-state index in [2.05, 4.69) is 12.6 Å². The molecular formula is C8H8F3NS. The van der Waals surface area contributed by atoms with E-state index in [1.165, 1.54) is 18.2 Å². The van der Waals surface area contributed by atoms with Crippen LogP contribution in [0.15, 0.2) is 29.2 Å². The Balaban J connectivity index is 2.96. The van der Waals surface area contributed by atoms with Crippen LogP contribution in [0.25, 0.3) is 0 Å². The van der Waals surface area contributed by atoms with Gasteiger partial charge >= 0.3 is 6.18 Å². The number of nitrogens with two attached hydrogens (primary N) is 1. The van der Waals surface area contributed by atoms with Gasteiger partial charge in [0, 0.05) is 4.90 Å². The molecule has 1 nitrogen and oxygen atoms in total. The zero-order chi connectivity index (χ0) is 10.1. The van der Waals surface area contributed by atoms with E-state index in [1.807, 2.05) is 0 Å². The molecule has 0 saturated heterocycles. The van der Waals surface area contributed by atoms with Crippen molar-refractivity contribution in [1.29, 1.82) is 0 Å². The topological polar surface area (TPSA) is 26.0 Å². The quantitative estimate of drug-likeness (QED) is 0.680. The summed E-state index contributed by atoms with van der Waals surface area (Å²) < 4.78 is 36.3. The fourth-order valence-electron chi connectivity index (χ4n) is 0.907. The Bertz CT molecular complexity index is 298. The monoisotopic (exact) mass is 207 g/mol. The third-order valence-corrected chi connectivity index (χ3v) is 1.86. The Morgan fingerprint density at radius 3 is 2.38 bits per heavy atom. The average Bonchev–Trinajstić information content (AvgIpc) is 2.01. The molecular weight excluding hydrogens is 199 g/mol. The lowest BCUT2D eigenvalue weighted by atomic mass is 10.1. The molecule has 13 heavy (non-hydrogen) atoms. The Morgan fingerprint density at radius 1 is 1.31 bits per heavy atom. The van der Waals surface area contributed by atoms with Crippen LogP contribution >= 0.6 is 12.6 Å². The maximum absolute atomic E-state index is 12.1. The normalized spacial score (nSPS) is 14.2. The van der Waals surface area contributed by atoms with Gasteiger partial charge in [-0.25, -0.2) is 0 Å². The molecule has 5 heteroatoms. The minimum absolute atomic E-state index is 0.0278. The van der Waals surface area contributed by atoms with Crippen LogP contribution in [0.1, 0.15) is 11.6 Å². The fourth-order valence-corrected chi connectivity index (χ4v) is 1.14. The van der Waals surface area contributed by atoms with Crippen molar-refractivity contribution in [3.8, 4) is 0 Å². The maximum atomic E-state index is 12.1. The van der Waals surface area contributed by atoms with Crippen LogP contribution < -0.4 is 5.73 Å². The van der Waals surface area contributed by atoms with Gasteiger partial charge < -0.3 is 5.73 Å². The molecule has 2 N–H and O–H groups in total. The first-order valence-corrected chi connectivity index (χ1v) is 3.97. The number of alkyl halides is 3. The SMILES string of the molecule is N[C@H](c1cccc(S)c1)C(F)(F)F. The molecule has 0 radical (unpaired) electrons. The van der Waals surface area contributed by atoms with Gasteiger partial charge in [0.05, 0.1) is 0 Å². The van der Waals surface area contributed by atoms with Crippen molar-refractivity contribution >= 4 is 12.6 Å². The molecule has 0 amide bonds. The second-order valence-corrected chi connectivity index (χ2v) is 3.13. The van der Waals surface area contributed by atoms with Gasteiger partial charge in [-0.2, -0.15) is 13.2 Å². The first-order valence-electron chi connectivity index (χ1n) is 3.52. The molecule has 0 fully saturated rings. The third kappa shape index (κ3) is 2.63. The summed E-state index contributed by atoms with van der Waals surface area (Å²) in [6.45, 7) is 0. The summed E-state index contributed by atoms with van der Waals surface area (Å²) in [5.41, 5.74) is 5.01. The minimum Gasteiger partial charge on any atom is -0.316 e. The van der Waals surface area contributed by atoms with Gasteiger partial charge in [-0.3, -0.25) is 0 Å². The van der Waals surface area contributed by atoms with Crippen molar-refractivity contribution < 1.29 is 13.2 Å². The van der Waals surface area contributed by atoms with Gasteiger partial charge in [-0.15, -0.1) is 12.6 Å². The van der Waals surface area contributed by atoms with Crippen LogP contribution in [0.4, 0.5) is 13.2 Å². The highest BCUT2D eigenvalue weighted by molar-refractivity contribution is 7.80. The molecule has 0 aromatic heterocycles. The molecule has 0 unspecified atom stereocenters. The summed E-state index contributed by atoms with van der Waals surface area (Å²) in [5.74, 6) is 0. The minimum atomic E-state index is -4.40. The zero-order valence-electron chi connectivity index (χ0n) is 6.55. The van der Waals surface area contributed by atoms with Crippen molar-refractivity contribution in [2.75, 3.05) is 0 Å². The van der Waals surface area contributed by atoms with Crippen molar-refractivity contribution in [1.82, 2.24) is 0 Å². The number of hydrogen-bond donors (Lipinski definition) is 2. The molecule has 0 saturated carbocycles. The molecule has 1 atom stereocenters. The van der Waals surface area contributed by atoms with Crippen LogP contribution in [-0.2, 0) is 0 Å². The predicted octanol–water partition coefficient (Wildman–Crippen LogP) is 2.54. The van der Waals surface area contributed by atoms with Gasteiger partial charge in [-0.1, -0.05) is 12.1 Å². The second kappa shape index (κ2) is 3.59. The summed E-state index contributed by atoms with van der Waals surface area (Å²) in [6, 6.07) is 3.79. The van der Waals surface area contributed by atoms with Crippen molar-refractivity contribution in [2.24, 2.45) is 5.73 Å². The van der Waals surface area contributed by atoms with Crippen molar-refractivity contribution in [3.63, 3.8) is 0 Å². The average molecular weight is 207 g/mol. The Hall–Kier alpha value is -0.680. The molecule has 0 spiro atoms. The number of benzene rings is 1. The number of hydrogen-bond acceptors (Lipinski definition) is 2. The molecule has 0 bridgehead atoms. The molecule has 0 aliphatic rings. The number of halogens is 3. The standard InChI is InChI=1S/C8H8F3NS/c9-8(10,11)7(12)5-2-1-3-6(13)4-5/h1-4,7,13H,12H2/t7-/m1/s1. The maximum Gasteiger partial charge on any atom is 0.407 e. The van der Waals surface area contributed by atoms with Gasteiger partial charge in [0.25, 0.3) is 0 Å². The molecule has 0 aliphatic carbocycles. The fraction of sp³-hybridized carbons (Fsp3) is 0.250. The Labute approximate surface area is 79.2 Å². The van der Waals surface area contributed by atoms with Gasteiger partial charge in [0.2, 0.25) is 0 Å². The summed E-state index contributed by atoms with van der Waals surface area (Å²) in [4.78, 5) is 0.470. The first-order chi connectivity index (χ1) is 5.91. The Kier molecular flexibility index (Phi) is 2.87. The van der Waals surface area contributed by atoms with E-state index in [9.17, 15) is 13.2 Å². The van der Waals surface area contributed by atoms with E-state index in [-0.39, 0.29) is 5.56 Å². The number of thiol groups is 1. The van der Waals surface area contributed by atoms with Crippen LogP contribution in [0.2, 0.25) is 0 Å². The van der Waals surface area contributed by atoms with E-state index >= 15 is 0 Å². The highest BCUT2D eigenvalue weighted by Gasteiger charge is 2.37. The van der Waals surface area contributed by atoms with Crippen LogP contribution in [0.3, 0.4) is 0 Å². The van der Waals surface area contributed by atoms with E-state index in [0.29, 0.717) is 4.90 Å². The Morgan fingerprint density at radius 2 is 1.92 bits per heavy atom. The molecule has 0 heterocycles. The number of rotatable bonds is 1. The van der Waals surface area contributed by atoms with Crippen LogP contribution in [0.5, 0.6) is 0 Å². The van der Waals surface area contributed by atoms with E-state index < -0.39 is 12.2 Å². The smallest absolute Gasteiger partial charge is 0.316 e. The predicted molar refractivity (Wildman–Crippen MR) is 46.7 cm³/mol. The molecule has 1 aromatic rings. The van der Waals surface area contributed by atoms with E-state index in [0.717, 1.165) is 0 Å². The summed E-state index contributed by atoms with van der Waals surface area (Å²) >= 11 is 3.92. The molecule has 0 aliphatic heterocycles. The highest BCUT2D eigenvalue weighted by atomic mass is 32.1. The van der Waals surface area contributed by atoms with Crippen molar-refractivity contribution in [3.05, 3.63) is 29.8 Å². The largest absolute Gasteiger partial charge is 0.407 e. The second-order valence-electron chi connectivity index (χ2n) is 2.61. The third-order valence-electron chi connectivity index (χ3n) is 1.58. The van der Waals surface area contributed by atoms with Gasteiger partial charge in [0.1, 0.15) is 6.04 Å². The lowest BCUT2D eigenvalue weighted by molar-refractivity contribution is -0.149.